The van der Waals surface area contributed by atoms with E-state index in [0.717, 1.165) is 0 Å². The Morgan fingerprint density at radius 3 is 2.28 bits per heavy atom. The molecule has 0 heterocycles. The number of thioether (sulfide) groups is 1. The number of carboxylic acid groups (broad SMARTS) is 1. The highest BCUT2D eigenvalue weighted by Crippen LogP contribution is 2.14. The number of carbonyl (C=O) groups excluding carboxylic acids is 2. The van der Waals surface area contributed by atoms with E-state index in [1.165, 1.54) is 23.6 Å². The lowest BCUT2D eigenvalue weighted by Gasteiger charge is -2.17. The van der Waals surface area contributed by atoms with Crippen LogP contribution in [0.5, 0.6) is 0 Å². The Balaban J connectivity index is 4.10. The summed E-state index contributed by atoms with van der Waals surface area (Å²) in [7, 11) is 3.35. The topological polar surface area (TPSA) is 86.7 Å². The number of nitrogens with zero attached hydrogens (tertiary/aromatic N) is 1. The predicted octanol–water partition coefficient (Wildman–Crippen LogP) is 0.176. The minimum atomic E-state index is -1.06. The van der Waals surface area contributed by atoms with Crippen LogP contribution >= 0.6 is 11.8 Å². The molecule has 0 rings (SSSR count). The summed E-state index contributed by atoms with van der Waals surface area (Å²) in [5.74, 6) is -0.938. The van der Waals surface area contributed by atoms with E-state index in [4.69, 9.17) is 5.11 Å². The second-order valence-corrected chi connectivity index (χ2v) is 5.57. The summed E-state index contributed by atoms with van der Waals surface area (Å²) < 4.78 is 0. The summed E-state index contributed by atoms with van der Waals surface area (Å²) in [5.41, 5.74) is 0. The molecule has 0 bridgehead atoms. The lowest BCUT2D eigenvalue weighted by Crippen LogP contribution is -2.40. The van der Waals surface area contributed by atoms with Crippen LogP contribution in [0.4, 0.5) is 0 Å². The Labute approximate surface area is 111 Å². The largest absolute Gasteiger partial charge is 0.480 e. The van der Waals surface area contributed by atoms with Crippen molar-refractivity contribution < 1.29 is 19.5 Å². The van der Waals surface area contributed by atoms with E-state index in [1.807, 2.05) is 0 Å². The maximum absolute atomic E-state index is 11.5. The van der Waals surface area contributed by atoms with Crippen molar-refractivity contribution in [3.05, 3.63) is 0 Å². The van der Waals surface area contributed by atoms with E-state index in [9.17, 15) is 14.4 Å². The molecule has 6 nitrogen and oxygen atoms in total. The van der Waals surface area contributed by atoms with E-state index < -0.39 is 12.0 Å². The highest BCUT2D eigenvalue weighted by molar-refractivity contribution is 8.00. The molecule has 2 atom stereocenters. The van der Waals surface area contributed by atoms with Crippen molar-refractivity contribution in [2.45, 2.75) is 31.6 Å². The molecule has 0 aliphatic rings. The minimum Gasteiger partial charge on any atom is -0.480 e. The molecule has 0 aliphatic carbocycles. The van der Waals surface area contributed by atoms with Crippen LogP contribution in [0.1, 0.15) is 20.3 Å². The molecule has 2 amide bonds. The first-order valence-corrected chi connectivity index (χ1v) is 6.63. The van der Waals surface area contributed by atoms with Crippen molar-refractivity contribution in [3.63, 3.8) is 0 Å². The molecule has 0 aromatic heterocycles. The SMILES string of the molecule is CC(=O)NC(CCSC(C)C(=O)N(C)C)C(=O)O. The van der Waals surface area contributed by atoms with Gasteiger partial charge in [0.25, 0.3) is 0 Å². The summed E-state index contributed by atoms with van der Waals surface area (Å²) in [6.07, 6.45) is 0.296. The maximum Gasteiger partial charge on any atom is 0.326 e. The van der Waals surface area contributed by atoms with Crippen LogP contribution in [0.2, 0.25) is 0 Å². The molecule has 7 heteroatoms. The van der Waals surface area contributed by atoms with E-state index >= 15 is 0 Å². The average Bonchev–Trinajstić information content (AvgIpc) is 2.25. The fourth-order valence-electron chi connectivity index (χ4n) is 1.30. The van der Waals surface area contributed by atoms with Gasteiger partial charge in [0.05, 0.1) is 5.25 Å². The first-order chi connectivity index (χ1) is 8.25. The Bertz CT molecular complexity index is 320. The number of aliphatic carboxylic acids is 1. The Hall–Kier alpha value is -1.24. The second-order valence-electron chi connectivity index (χ2n) is 4.13. The molecule has 2 unspecified atom stereocenters. The number of nitrogens with one attached hydrogen (secondary N) is 1. The number of hydrogen-bond acceptors (Lipinski definition) is 4. The number of hydrogen-bond donors (Lipinski definition) is 2. The van der Waals surface area contributed by atoms with E-state index in [-0.39, 0.29) is 17.1 Å². The number of carboxylic acids is 1. The highest BCUT2D eigenvalue weighted by Gasteiger charge is 2.20. The fourth-order valence-corrected chi connectivity index (χ4v) is 2.38. The minimum absolute atomic E-state index is 0.00796. The van der Waals surface area contributed by atoms with Gasteiger partial charge in [-0.3, -0.25) is 9.59 Å². The number of carbonyl (C=O) groups is 3. The predicted molar refractivity (Wildman–Crippen MR) is 70.5 cm³/mol. The molecular weight excluding hydrogens is 256 g/mol. The summed E-state index contributed by atoms with van der Waals surface area (Å²) in [6, 6.07) is -0.892. The van der Waals surface area contributed by atoms with Gasteiger partial charge in [0.2, 0.25) is 11.8 Å². The van der Waals surface area contributed by atoms with Crippen LogP contribution in [0, 0.1) is 0 Å². The number of rotatable bonds is 7. The van der Waals surface area contributed by atoms with Crippen LogP contribution in [-0.4, -0.2) is 58.9 Å². The van der Waals surface area contributed by atoms with Gasteiger partial charge >= 0.3 is 5.97 Å². The van der Waals surface area contributed by atoms with Crippen molar-refractivity contribution in [1.29, 1.82) is 0 Å². The molecule has 0 aromatic rings. The molecule has 0 radical (unpaired) electrons. The molecule has 104 valence electrons. The highest BCUT2D eigenvalue weighted by atomic mass is 32.2. The third kappa shape index (κ3) is 6.48. The molecule has 0 fully saturated rings. The van der Waals surface area contributed by atoms with E-state index in [1.54, 1.807) is 21.0 Å². The summed E-state index contributed by atoms with van der Waals surface area (Å²) in [4.78, 5) is 34.7. The summed E-state index contributed by atoms with van der Waals surface area (Å²) in [5, 5.41) is 11.0. The molecule has 2 N–H and O–H groups in total. The number of amides is 2. The molecule has 0 saturated carbocycles. The van der Waals surface area contributed by atoms with Gasteiger partial charge in [0.1, 0.15) is 6.04 Å². The van der Waals surface area contributed by atoms with Gasteiger partial charge in [0.15, 0.2) is 0 Å². The lowest BCUT2D eigenvalue weighted by atomic mass is 10.2. The fraction of sp³-hybridized carbons (Fsp3) is 0.727. The van der Waals surface area contributed by atoms with Crippen LogP contribution in [0.15, 0.2) is 0 Å². The molecule has 18 heavy (non-hydrogen) atoms. The normalized spacial score (nSPS) is 13.6. The van der Waals surface area contributed by atoms with Crippen LogP contribution in [-0.2, 0) is 14.4 Å². The quantitative estimate of drug-likeness (QED) is 0.692. The molecule has 0 spiro atoms. The molecular formula is C11H20N2O4S. The van der Waals surface area contributed by atoms with Gasteiger partial charge < -0.3 is 15.3 Å². The van der Waals surface area contributed by atoms with Crippen molar-refractivity contribution >= 4 is 29.5 Å². The van der Waals surface area contributed by atoms with Gasteiger partial charge in [-0.2, -0.15) is 0 Å². The molecule has 0 aliphatic heterocycles. The zero-order valence-corrected chi connectivity index (χ0v) is 11.9. The van der Waals surface area contributed by atoms with Gasteiger partial charge in [-0.1, -0.05) is 0 Å². The molecule has 0 saturated heterocycles. The van der Waals surface area contributed by atoms with Gasteiger partial charge in [-0.15, -0.1) is 11.8 Å². The summed E-state index contributed by atoms with van der Waals surface area (Å²) >= 11 is 1.38. The van der Waals surface area contributed by atoms with Gasteiger partial charge in [-0.05, 0) is 19.1 Å². The van der Waals surface area contributed by atoms with Crippen molar-refractivity contribution in [3.8, 4) is 0 Å². The Morgan fingerprint density at radius 1 is 1.33 bits per heavy atom. The third-order valence-corrected chi connectivity index (χ3v) is 3.41. The van der Waals surface area contributed by atoms with E-state index in [2.05, 4.69) is 5.32 Å². The third-order valence-electron chi connectivity index (χ3n) is 2.24. The lowest BCUT2D eigenvalue weighted by molar-refractivity contribution is -0.141. The standard InChI is InChI=1S/C11H20N2O4S/c1-7(10(15)13(3)4)18-6-5-9(11(16)17)12-8(2)14/h7,9H,5-6H2,1-4H3,(H,12,14)(H,16,17). The van der Waals surface area contributed by atoms with Crippen LogP contribution in [0.3, 0.4) is 0 Å². The van der Waals surface area contributed by atoms with Crippen LogP contribution < -0.4 is 5.32 Å². The smallest absolute Gasteiger partial charge is 0.326 e. The first-order valence-electron chi connectivity index (χ1n) is 5.58. The van der Waals surface area contributed by atoms with Crippen molar-refractivity contribution in [2.24, 2.45) is 0 Å². The Kier molecular flexibility index (Phi) is 7.42. The van der Waals surface area contributed by atoms with E-state index in [0.29, 0.717) is 12.2 Å². The van der Waals surface area contributed by atoms with Crippen molar-refractivity contribution in [2.75, 3.05) is 19.8 Å². The monoisotopic (exact) mass is 276 g/mol. The average molecular weight is 276 g/mol. The van der Waals surface area contributed by atoms with Crippen molar-refractivity contribution in [1.82, 2.24) is 10.2 Å². The van der Waals surface area contributed by atoms with Gasteiger partial charge in [0, 0.05) is 21.0 Å². The molecule has 0 aromatic carbocycles. The Morgan fingerprint density at radius 2 is 1.89 bits per heavy atom. The summed E-state index contributed by atoms with van der Waals surface area (Å²) in [6.45, 7) is 3.06. The van der Waals surface area contributed by atoms with Crippen LogP contribution in [0.25, 0.3) is 0 Å². The first kappa shape index (κ1) is 16.8. The zero-order chi connectivity index (χ0) is 14.3. The second kappa shape index (κ2) is 7.97. The maximum atomic E-state index is 11.5. The zero-order valence-electron chi connectivity index (χ0n) is 11.1. The van der Waals surface area contributed by atoms with Gasteiger partial charge in [-0.25, -0.2) is 4.79 Å².